The standard InChI is InChI=1S/C40H74/c1-31(19-13-21-33(3)25-27-37-35(5)23-15-29-39(37,7)8)17-11-12-18-32(2)20-14-22-34(4)26-28-38-36(6)24-16-30-40(38,9)10/h11-12,15,29,31-38H,13-14,16-28,30H2,1-10H3/b12-11+/t31-,32-,33+,34+,35-,36+,37-,38-/m0/s1. The van der Waals surface area contributed by atoms with Crippen LogP contribution in [0.25, 0.3) is 0 Å². The Morgan fingerprint density at radius 3 is 1.68 bits per heavy atom. The third kappa shape index (κ3) is 12.8. The van der Waals surface area contributed by atoms with Crippen LogP contribution in [-0.4, -0.2) is 0 Å². The molecular weight excluding hydrogens is 480 g/mol. The second kappa shape index (κ2) is 17.6. The van der Waals surface area contributed by atoms with Gasteiger partial charge in [-0.1, -0.05) is 158 Å². The zero-order valence-electron chi connectivity index (χ0n) is 29.2. The summed E-state index contributed by atoms with van der Waals surface area (Å²) in [5, 5.41) is 0. The maximum Gasteiger partial charge on any atom is -0.0144 e. The third-order valence-corrected chi connectivity index (χ3v) is 11.8. The van der Waals surface area contributed by atoms with Gasteiger partial charge >= 0.3 is 0 Å². The summed E-state index contributed by atoms with van der Waals surface area (Å²) in [6.07, 6.45) is 32.3. The van der Waals surface area contributed by atoms with Gasteiger partial charge in [-0.15, -0.1) is 0 Å². The third-order valence-electron chi connectivity index (χ3n) is 11.8. The zero-order valence-corrected chi connectivity index (χ0v) is 29.2. The molecule has 0 saturated heterocycles. The van der Waals surface area contributed by atoms with Gasteiger partial charge < -0.3 is 0 Å². The monoisotopic (exact) mass is 555 g/mol. The van der Waals surface area contributed by atoms with Crippen LogP contribution < -0.4 is 0 Å². The number of allylic oxidation sites excluding steroid dienone is 4. The fourth-order valence-electron chi connectivity index (χ4n) is 8.71. The Morgan fingerprint density at radius 2 is 1.18 bits per heavy atom. The molecule has 0 aliphatic heterocycles. The highest BCUT2D eigenvalue weighted by molar-refractivity contribution is 5.05. The van der Waals surface area contributed by atoms with Crippen LogP contribution in [0.2, 0.25) is 0 Å². The summed E-state index contributed by atoms with van der Waals surface area (Å²) in [6, 6.07) is 0. The molecule has 2 aliphatic rings. The highest BCUT2D eigenvalue weighted by Gasteiger charge is 2.36. The first-order valence-corrected chi connectivity index (χ1v) is 18.1. The average Bonchev–Trinajstić information content (AvgIpc) is 2.85. The molecule has 0 aromatic carbocycles. The molecule has 0 unspecified atom stereocenters. The van der Waals surface area contributed by atoms with E-state index in [1.165, 1.54) is 103 Å². The summed E-state index contributed by atoms with van der Waals surface area (Å²) in [6.45, 7) is 24.9. The molecule has 40 heavy (non-hydrogen) atoms. The Bertz CT molecular complexity index is 722. The molecule has 0 heteroatoms. The van der Waals surface area contributed by atoms with E-state index >= 15 is 0 Å². The van der Waals surface area contributed by atoms with Gasteiger partial charge in [0.15, 0.2) is 0 Å². The van der Waals surface area contributed by atoms with Crippen molar-refractivity contribution >= 4 is 0 Å². The van der Waals surface area contributed by atoms with Crippen molar-refractivity contribution in [1.82, 2.24) is 0 Å². The highest BCUT2D eigenvalue weighted by Crippen LogP contribution is 2.47. The Labute approximate surface area is 254 Å². The first-order chi connectivity index (χ1) is 18.8. The van der Waals surface area contributed by atoms with Gasteiger partial charge in [0.2, 0.25) is 0 Å². The molecule has 0 spiro atoms. The summed E-state index contributed by atoms with van der Waals surface area (Å²) < 4.78 is 0. The van der Waals surface area contributed by atoms with Crippen molar-refractivity contribution in [3.63, 3.8) is 0 Å². The van der Waals surface area contributed by atoms with Crippen molar-refractivity contribution < 1.29 is 0 Å². The lowest BCUT2D eigenvalue weighted by Gasteiger charge is -2.43. The summed E-state index contributed by atoms with van der Waals surface area (Å²) in [5.74, 6) is 7.02. The first kappa shape index (κ1) is 35.7. The van der Waals surface area contributed by atoms with Crippen LogP contribution >= 0.6 is 0 Å². The van der Waals surface area contributed by atoms with Crippen LogP contribution in [0.1, 0.15) is 172 Å². The summed E-state index contributed by atoms with van der Waals surface area (Å²) in [7, 11) is 0. The lowest BCUT2D eigenvalue weighted by molar-refractivity contribution is 0.0706. The number of hydrogen-bond donors (Lipinski definition) is 0. The molecule has 8 atom stereocenters. The summed E-state index contributed by atoms with van der Waals surface area (Å²) in [4.78, 5) is 0. The minimum absolute atomic E-state index is 0.388. The van der Waals surface area contributed by atoms with Crippen molar-refractivity contribution in [2.45, 2.75) is 172 Å². The summed E-state index contributed by atoms with van der Waals surface area (Å²) in [5.41, 5.74) is 0.954. The van der Waals surface area contributed by atoms with E-state index in [0.29, 0.717) is 10.8 Å². The van der Waals surface area contributed by atoms with Gasteiger partial charge in [-0.05, 0) is 96.7 Å². The number of rotatable bonds is 18. The highest BCUT2D eigenvalue weighted by atomic mass is 14.4. The van der Waals surface area contributed by atoms with Gasteiger partial charge in [0, 0.05) is 0 Å². The zero-order chi connectivity index (χ0) is 29.8. The van der Waals surface area contributed by atoms with Gasteiger partial charge in [0.05, 0.1) is 0 Å². The smallest absolute Gasteiger partial charge is 0.0144 e. The minimum atomic E-state index is 0.388. The van der Waals surface area contributed by atoms with E-state index in [2.05, 4.69) is 93.5 Å². The lowest BCUT2D eigenvalue weighted by Crippen LogP contribution is -2.33. The Balaban J connectivity index is 1.50. The molecule has 0 aromatic heterocycles. The minimum Gasteiger partial charge on any atom is -0.0883 e. The van der Waals surface area contributed by atoms with Crippen molar-refractivity contribution in [2.75, 3.05) is 0 Å². The molecule has 2 rings (SSSR count). The van der Waals surface area contributed by atoms with E-state index in [4.69, 9.17) is 0 Å². The van der Waals surface area contributed by atoms with E-state index in [-0.39, 0.29) is 0 Å². The van der Waals surface area contributed by atoms with E-state index in [1.807, 2.05) is 0 Å². The average molecular weight is 555 g/mol. The Morgan fingerprint density at radius 1 is 0.675 bits per heavy atom. The van der Waals surface area contributed by atoms with E-state index in [9.17, 15) is 0 Å². The van der Waals surface area contributed by atoms with Crippen molar-refractivity contribution in [3.8, 4) is 0 Å². The normalized spacial score (nSPS) is 29.4. The molecule has 0 amide bonds. The van der Waals surface area contributed by atoms with Crippen molar-refractivity contribution in [2.24, 2.45) is 58.2 Å². The fraction of sp³-hybridized carbons (Fsp3) is 0.900. The van der Waals surface area contributed by atoms with Gasteiger partial charge in [-0.25, -0.2) is 0 Å². The Kier molecular flexibility index (Phi) is 15.7. The summed E-state index contributed by atoms with van der Waals surface area (Å²) >= 11 is 0. The molecule has 234 valence electrons. The molecule has 0 aromatic rings. The fourth-order valence-corrected chi connectivity index (χ4v) is 8.71. The SMILES string of the molecule is C[C@H](CCC[C@@H](C)C/C=C/C[C@H](C)CCC[C@@H](C)CC[C@H]1[C@H](C)CCCC1(C)C)CC[C@H]1[C@@H](C)CC=CC1(C)C. The van der Waals surface area contributed by atoms with Crippen LogP contribution in [0.15, 0.2) is 24.3 Å². The second-order valence-electron chi connectivity index (χ2n) is 16.9. The molecule has 0 radical (unpaired) electrons. The predicted molar refractivity (Wildman–Crippen MR) is 182 cm³/mol. The second-order valence-corrected chi connectivity index (χ2v) is 16.9. The van der Waals surface area contributed by atoms with E-state index in [1.54, 1.807) is 0 Å². The van der Waals surface area contributed by atoms with Crippen LogP contribution in [0, 0.1) is 58.2 Å². The van der Waals surface area contributed by atoms with Crippen LogP contribution in [0.4, 0.5) is 0 Å². The van der Waals surface area contributed by atoms with Gasteiger partial charge in [-0.3, -0.25) is 0 Å². The molecule has 0 nitrogen and oxygen atoms in total. The van der Waals surface area contributed by atoms with E-state index in [0.717, 1.165) is 47.3 Å². The molecule has 1 saturated carbocycles. The van der Waals surface area contributed by atoms with E-state index < -0.39 is 0 Å². The van der Waals surface area contributed by atoms with Crippen molar-refractivity contribution in [1.29, 1.82) is 0 Å². The largest absolute Gasteiger partial charge is 0.0883 e. The molecule has 0 bridgehead atoms. The molecule has 0 heterocycles. The predicted octanol–water partition coefficient (Wildman–Crippen LogP) is 13.5. The Hall–Kier alpha value is -0.520. The molecular formula is C40H74. The van der Waals surface area contributed by atoms with Crippen LogP contribution in [-0.2, 0) is 0 Å². The maximum absolute atomic E-state index is 2.53. The van der Waals surface area contributed by atoms with Gasteiger partial charge in [-0.2, -0.15) is 0 Å². The van der Waals surface area contributed by atoms with Crippen molar-refractivity contribution in [3.05, 3.63) is 24.3 Å². The van der Waals surface area contributed by atoms with Crippen LogP contribution in [0.5, 0.6) is 0 Å². The van der Waals surface area contributed by atoms with Gasteiger partial charge in [0.1, 0.15) is 0 Å². The maximum atomic E-state index is 2.53. The molecule has 1 fully saturated rings. The molecule has 2 aliphatic carbocycles. The quantitative estimate of drug-likeness (QED) is 0.148. The topological polar surface area (TPSA) is 0 Å². The lowest BCUT2D eigenvalue weighted by atomic mass is 9.62. The van der Waals surface area contributed by atoms with Crippen LogP contribution in [0.3, 0.4) is 0 Å². The first-order valence-electron chi connectivity index (χ1n) is 18.1. The number of hydrogen-bond acceptors (Lipinski definition) is 0. The molecule has 0 N–H and O–H groups in total. The van der Waals surface area contributed by atoms with Gasteiger partial charge in [0.25, 0.3) is 0 Å².